The maximum Gasteiger partial charge on any atom is 0.265 e. The molecule has 0 aliphatic carbocycles. The van der Waals surface area contributed by atoms with Crippen molar-refractivity contribution in [2.75, 3.05) is 26.7 Å². The molecule has 3 rings (SSSR count). The summed E-state index contributed by atoms with van der Waals surface area (Å²) in [4.78, 5) is 20.1. The molecule has 1 aliphatic rings. The van der Waals surface area contributed by atoms with E-state index in [4.69, 9.17) is 4.42 Å². The summed E-state index contributed by atoms with van der Waals surface area (Å²) in [6.07, 6.45) is 3.38. The van der Waals surface area contributed by atoms with Gasteiger partial charge < -0.3 is 14.6 Å². The number of hydrogen-bond donors (Lipinski definition) is 1. The molecule has 24 heavy (non-hydrogen) atoms. The van der Waals surface area contributed by atoms with Crippen molar-refractivity contribution in [3.8, 4) is 10.8 Å². The summed E-state index contributed by atoms with van der Waals surface area (Å²) in [5.41, 5.74) is 0.798. The lowest BCUT2D eigenvalue weighted by Crippen LogP contribution is -2.38. The third-order valence-electron chi connectivity index (χ3n) is 4.65. The van der Waals surface area contributed by atoms with Crippen LogP contribution in [0, 0.1) is 19.8 Å². The maximum atomic E-state index is 12.8. The Balaban J connectivity index is 1.67. The molecule has 1 aliphatic heterocycles. The van der Waals surface area contributed by atoms with Crippen LogP contribution in [0.2, 0.25) is 0 Å². The number of likely N-dealkylation sites (tertiary alicyclic amines) is 1. The van der Waals surface area contributed by atoms with Gasteiger partial charge in [0.1, 0.15) is 10.6 Å². The lowest BCUT2D eigenvalue weighted by Gasteiger charge is -2.31. The van der Waals surface area contributed by atoms with E-state index in [2.05, 4.69) is 10.3 Å². The number of nitrogens with one attached hydrogen (secondary N) is 1. The number of carbonyl (C=O) groups excluding carboxylic acids is 1. The molecule has 3 heterocycles. The molecular weight excluding hydrogens is 322 g/mol. The number of furan rings is 1. The van der Waals surface area contributed by atoms with Gasteiger partial charge in [-0.25, -0.2) is 4.98 Å². The van der Waals surface area contributed by atoms with Crippen LogP contribution in [0.5, 0.6) is 0 Å². The number of thiazole rings is 1. The van der Waals surface area contributed by atoms with E-state index in [9.17, 15) is 4.79 Å². The minimum Gasteiger partial charge on any atom is -0.459 e. The zero-order chi connectivity index (χ0) is 17.1. The highest BCUT2D eigenvalue weighted by Gasteiger charge is 2.26. The van der Waals surface area contributed by atoms with Crippen LogP contribution in [0.4, 0.5) is 0 Å². The molecule has 0 bridgehead atoms. The van der Waals surface area contributed by atoms with E-state index in [0.717, 1.165) is 65.5 Å². The number of hydrogen-bond acceptors (Lipinski definition) is 5. The number of aromatic nitrogens is 1. The smallest absolute Gasteiger partial charge is 0.265 e. The Morgan fingerprint density at radius 2 is 2.12 bits per heavy atom. The molecular formula is C18H25N3O2S. The van der Waals surface area contributed by atoms with Crippen LogP contribution in [0.25, 0.3) is 10.8 Å². The number of rotatable bonds is 5. The monoisotopic (exact) mass is 347 g/mol. The van der Waals surface area contributed by atoms with Gasteiger partial charge in [0.05, 0.1) is 5.69 Å². The highest BCUT2D eigenvalue weighted by atomic mass is 32.1. The Morgan fingerprint density at radius 1 is 1.38 bits per heavy atom. The molecule has 0 radical (unpaired) electrons. The topological polar surface area (TPSA) is 58.4 Å². The zero-order valence-electron chi connectivity index (χ0n) is 14.6. The highest BCUT2D eigenvalue weighted by molar-refractivity contribution is 7.17. The van der Waals surface area contributed by atoms with Gasteiger partial charge in [-0.1, -0.05) is 0 Å². The molecule has 1 amide bonds. The Labute approximate surface area is 147 Å². The van der Waals surface area contributed by atoms with Crippen molar-refractivity contribution in [1.82, 2.24) is 15.2 Å². The van der Waals surface area contributed by atoms with Gasteiger partial charge in [-0.2, -0.15) is 0 Å². The van der Waals surface area contributed by atoms with Crippen molar-refractivity contribution < 1.29 is 9.21 Å². The predicted molar refractivity (Wildman–Crippen MR) is 96.5 cm³/mol. The van der Waals surface area contributed by atoms with Crippen LogP contribution >= 0.6 is 11.3 Å². The number of nitrogens with zero attached hydrogens (tertiary/aromatic N) is 2. The van der Waals surface area contributed by atoms with Gasteiger partial charge in [0.15, 0.2) is 10.8 Å². The van der Waals surface area contributed by atoms with Crippen LogP contribution in [-0.2, 0) is 0 Å². The van der Waals surface area contributed by atoms with E-state index in [1.54, 1.807) is 0 Å². The van der Waals surface area contributed by atoms with Gasteiger partial charge in [-0.15, -0.1) is 11.3 Å². The molecule has 6 heteroatoms. The van der Waals surface area contributed by atoms with Crippen molar-refractivity contribution >= 4 is 17.2 Å². The van der Waals surface area contributed by atoms with E-state index in [1.165, 1.54) is 17.8 Å². The molecule has 0 saturated carbocycles. The van der Waals surface area contributed by atoms with Gasteiger partial charge in [-0.05, 0) is 64.8 Å². The second-order valence-electron chi connectivity index (χ2n) is 6.47. The average Bonchev–Trinajstić information content (AvgIpc) is 3.18. The van der Waals surface area contributed by atoms with Gasteiger partial charge in [0.25, 0.3) is 5.91 Å². The van der Waals surface area contributed by atoms with Crippen LogP contribution in [-0.4, -0.2) is 42.5 Å². The lowest BCUT2D eigenvalue weighted by molar-refractivity contribution is 0.0691. The molecule has 0 unspecified atom stereocenters. The van der Waals surface area contributed by atoms with Crippen LogP contribution in [0.3, 0.4) is 0 Å². The third kappa shape index (κ3) is 3.70. The standard InChI is InChI=1S/C18H25N3O2S/c1-12-4-5-15(23-12)17-20-13(2)16(24-17)18(22)21-10-7-14(8-11-21)6-9-19-3/h4-5,14,19H,6-11H2,1-3H3. The van der Waals surface area contributed by atoms with E-state index in [1.807, 2.05) is 37.9 Å². The fourth-order valence-electron chi connectivity index (χ4n) is 3.17. The SMILES string of the molecule is CNCCC1CCN(C(=O)c2sc(-c3ccc(C)o3)nc2C)CC1. The number of piperidine rings is 1. The van der Waals surface area contributed by atoms with Crippen molar-refractivity contribution in [3.05, 3.63) is 28.5 Å². The molecule has 130 valence electrons. The zero-order valence-corrected chi connectivity index (χ0v) is 15.4. The Hall–Kier alpha value is -1.66. The quantitative estimate of drug-likeness (QED) is 0.899. The minimum atomic E-state index is 0.117. The molecule has 0 spiro atoms. The molecule has 1 saturated heterocycles. The second kappa shape index (κ2) is 7.49. The Morgan fingerprint density at radius 3 is 2.75 bits per heavy atom. The first-order chi connectivity index (χ1) is 11.6. The molecule has 1 N–H and O–H groups in total. The second-order valence-corrected chi connectivity index (χ2v) is 7.47. The van der Waals surface area contributed by atoms with Crippen molar-refractivity contribution in [3.63, 3.8) is 0 Å². The molecule has 5 nitrogen and oxygen atoms in total. The summed E-state index contributed by atoms with van der Waals surface area (Å²) in [7, 11) is 1.99. The Bertz CT molecular complexity index is 699. The molecule has 0 atom stereocenters. The van der Waals surface area contributed by atoms with Gasteiger partial charge in [0, 0.05) is 13.1 Å². The van der Waals surface area contributed by atoms with E-state index in [-0.39, 0.29) is 5.91 Å². The lowest BCUT2D eigenvalue weighted by atomic mass is 9.93. The summed E-state index contributed by atoms with van der Waals surface area (Å²) in [5, 5.41) is 3.99. The minimum absolute atomic E-state index is 0.117. The fraction of sp³-hybridized carbons (Fsp3) is 0.556. The van der Waals surface area contributed by atoms with Crippen LogP contribution < -0.4 is 5.32 Å². The summed E-state index contributed by atoms with van der Waals surface area (Å²) in [5.74, 6) is 2.44. The molecule has 2 aromatic heterocycles. The summed E-state index contributed by atoms with van der Waals surface area (Å²) in [6, 6.07) is 3.83. The first-order valence-corrected chi connectivity index (χ1v) is 9.38. The maximum absolute atomic E-state index is 12.8. The highest BCUT2D eigenvalue weighted by Crippen LogP contribution is 2.31. The van der Waals surface area contributed by atoms with Crippen molar-refractivity contribution in [1.29, 1.82) is 0 Å². The van der Waals surface area contributed by atoms with Gasteiger partial charge in [0.2, 0.25) is 0 Å². The fourth-order valence-corrected chi connectivity index (χ4v) is 4.16. The van der Waals surface area contributed by atoms with Crippen molar-refractivity contribution in [2.24, 2.45) is 5.92 Å². The van der Waals surface area contributed by atoms with Crippen molar-refractivity contribution in [2.45, 2.75) is 33.1 Å². The predicted octanol–water partition coefficient (Wildman–Crippen LogP) is 3.48. The number of carbonyl (C=O) groups is 1. The molecule has 2 aromatic rings. The summed E-state index contributed by atoms with van der Waals surface area (Å²) in [6.45, 7) is 6.56. The molecule has 0 aromatic carbocycles. The van der Waals surface area contributed by atoms with E-state index in [0.29, 0.717) is 0 Å². The summed E-state index contributed by atoms with van der Waals surface area (Å²) < 4.78 is 5.63. The average molecular weight is 347 g/mol. The number of aryl methyl sites for hydroxylation is 2. The normalized spacial score (nSPS) is 15.9. The molecule has 1 fully saturated rings. The van der Waals surface area contributed by atoms with Gasteiger partial charge >= 0.3 is 0 Å². The van der Waals surface area contributed by atoms with Crippen LogP contribution in [0.1, 0.15) is 40.4 Å². The van der Waals surface area contributed by atoms with E-state index >= 15 is 0 Å². The number of amides is 1. The van der Waals surface area contributed by atoms with Crippen LogP contribution in [0.15, 0.2) is 16.5 Å². The third-order valence-corrected chi connectivity index (χ3v) is 5.81. The summed E-state index contributed by atoms with van der Waals surface area (Å²) >= 11 is 1.44. The first-order valence-electron chi connectivity index (χ1n) is 8.56. The Kier molecular flexibility index (Phi) is 5.36. The first kappa shape index (κ1) is 17.2. The largest absolute Gasteiger partial charge is 0.459 e. The van der Waals surface area contributed by atoms with Gasteiger partial charge in [-0.3, -0.25) is 4.79 Å². The van der Waals surface area contributed by atoms with E-state index < -0.39 is 0 Å².